The summed E-state index contributed by atoms with van der Waals surface area (Å²) in [6, 6.07) is 8.02. The van der Waals surface area contributed by atoms with E-state index in [-0.39, 0.29) is 6.04 Å². The molecular weight excluding hydrogens is 353 g/mol. The molecule has 0 amide bonds. The van der Waals surface area contributed by atoms with Gasteiger partial charge in [0.1, 0.15) is 5.75 Å². The predicted octanol–water partition coefficient (Wildman–Crippen LogP) is 2.56. The molecule has 0 aliphatic heterocycles. The average molecular weight is 369 g/mol. The van der Waals surface area contributed by atoms with Crippen molar-refractivity contribution in [3.63, 3.8) is 0 Å². The van der Waals surface area contributed by atoms with Gasteiger partial charge in [-0.1, -0.05) is 18.2 Å². The standard InChI is InChI=1S/C14H16IN3O/c1-9-4-3-5-12(13(9)15)14(18-16)10-6-11(19-2)8-17-7-10/h3-8,14,18H,16H2,1-2H3. The summed E-state index contributed by atoms with van der Waals surface area (Å²) in [6.07, 6.45) is 3.48. The van der Waals surface area contributed by atoms with Crippen LogP contribution in [0.2, 0.25) is 0 Å². The zero-order valence-corrected chi connectivity index (χ0v) is 13.0. The zero-order chi connectivity index (χ0) is 13.8. The molecule has 1 aromatic carbocycles. The molecule has 100 valence electrons. The Morgan fingerprint density at radius 1 is 1.37 bits per heavy atom. The molecule has 5 heteroatoms. The minimum absolute atomic E-state index is 0.102. The molecule has 2 aromatic rings. The molecule has 0 saturated heterocycles. The highest BCUT2D eigenvalue weighted by molar-refractivity contribution is 14.1. The molecule has 0 bridgehead atoms. The molecule has 2 rings (SSSR count). The van der Waals surface area contributed by atoms with E-state index in [0.717, 1.165) is 16.9 Å². The average Bonchev–Trinajstić information content (AvgIpc) is 2.44. The third-order valence-corrected chi connectivity index (χ3v) is 4.48. The van der Waals surface area contributed by atoms with Crippen LogP contribution in [0, 0.1) is 10.5 Å². The van der Waals surface area contributed by atoms with Gasteiger partial charge in [-0.25, -0.2) is 5.43 Å². The van der Waals surface area contributed by atoms with Crippen LogP contribution in [0.15, 0.2) is 36.7 Å². The molecular formula is C14H16IN3O. The third kappa shape index (κ3) is 3.05. The largest absolute Gasteiger partial charge is 0.495 e. The number of benzene rings is 1. The van der Waals surface area contributed by atoms with Gasteiger partial charge in [0.2, 0.25) is 0 Å². The molecule has 0 spiro atoms. The van der Waals surface area contributed by atoms with Crippen LogP contribution >= 0.6 is 22.6 Å². The quantitative estimate of drug-likeness (QED) is 0.494. The minimum atomic E-state index is -0.102. The van der Waals surface area contributed by atoms with Gasteiger partial charge in [-0.3, -0.25) is 10.8 Å². The Balaban J connectivity index is 2.46. The van der Waals surface area contributed by atoms with Crippen LogP contribution in [-0.2, 0) is 0 Å². The highest BCUT2D eigenvalue weighted by Gasteiger charge is 2.17. The SMILES string of the molecule is COc1cncc(C(NN)c2cccc(C)c2I)c1. The number of nitrogens with zero attached hydrogens (tertiary/aromatic N) is 1. The zero-order valence-electron chi connectivity index (χ0n) is 10.9. The molecule has 1 aromatic heterocycles. The van der Waals surface area contributed by atoms with Gasteiger partial charge >= 0.3 is 0 Å². The smallest absolute Gasteiger partial charge is 0.137 e. The molecule has 3 N–H and O–H groups in total. The van der Waals surface area contributed by atoms with Crippen LogP contribution in [-0.4, -0.2) is 12.1 Å². The number of hydrogen-bond acceptors (Lipinski definition) is 4. The van der Waals surface area contributed by atoms with E-state index in [9.17, 15) is 0 Å². The van der Waals surface area contributed by atoms with E-state index in [4.69, 9.17) is 10.6 Å². The summed E-state index contributed by atoms with van der Waals surface area (Å²) in [5.74, 6) is 6.45. The highest BCUT2D eigenvalue weighted by Crippen LogP contribution is 2.28. The first-order valence-electron chi connectivity index (χ1n) is 5.87. The lowest BCUT2D eigenvalue weighted by Gasteiger charge is -2.19. The second kappa shape index (κ2) is 6.31. The van der Waals surface area contributed by atoms with Crippen molar-refractivity contribution in [3.05, 3.63) is 56.9 Å². The van der Waals surface area contributed by atoms with Gasteiger partial charge in [0.25, 0.3) is 0 Å². The molecule has 4 nitrogen and oxygen atoms in total. The number of rotatable bonds is 4. The van der Waals surface area contributed by atoms with Crippen LogP contribution in [0.5, 0.6) is 5.75 Å². The van der Waals surface area contributed by atoms with Gasteiger partial charge < -0.3 is 4.74 Å². The number of nitrogens with one attached hydrogen (secondary N) is 1. The summed E-state index contributed by atoms with van der Waals surface area (Å²) in [6.45, 7) is 2.09. The molecule has 0 radical (unpaired) electrons. The molecule has 19 heavy (non-hydrogen) atoms. The first kappa shape index (κ1) is 14.2. The molecule has 0 aliphatic rings. The van der Waals surface area contributed by atoms with Crippen LogP contribution in [0.1, 0.15) is 22.7 Å². The van der Waals surface area contributed by atoms with Crippen molar-refractivity contribution >= 4 is 22.6 Å². The summed E-state index contributed by atoms with van der Waals surface area (Å²) in [7, 11) is 1.63. The van der Waals surface area contributed by atoms with E-state index < -0.39 is 0 Å². The van der Waals surface area contributed by atoms with Crippen LogP contribution in [0.25, 0.3) is 0 Å². The Kier molecular flexibility index (Phi) is 4.73. The Bertz CT molecular complexity index is 574. The summed E-state index contributed by atoms with van der Waals surface area (Å²) in [5, 5.41) is 0. The fraction of sp³-hybridized carbons (Fsp3) is 0.214. The van der Waals surface area contributed by atoms with Crippen molar-refractivity contribution < 1.29 is 4.74 Å². The first-order chi connectivity index (χ1) is 9.17. The van der Waals surface area contributed by atoms with Gasteiger partial charge in [0.15, 0.2) is 0 Å². The first-order valence-corrected chi connectivity index (χ1v) is 6.95. The van der Waals surface area contributed by atoms with Crippen molar-refractivity contribution in [1.29, 1.82) is 0 Å². The summed E-state index contributed by atoms with van der Waals surface area (Å²) in [4.78, 5) is 4.18. The Labute approximate surface area is 126 Å². The van der Waals surface area contributed by atoms with Gasteiger partial charge in [-0.05, 0) is 52.3 Å². The fourth-order valence-electron chi connectivity index (χ4n) is 1.96. The topological polar surface area (TPSA) is 60.2 Å². The highest BCUT2D eigenvalue weighted by atomic mass is 127. The third-order valence-electron chi connectivity index (χ3n) is 3.00. The maximum absolute atomic E-state index is 5.73. The molecule has 0 fully saturated rings. The van der Waals surface area contributed by atoms with Crippen LogP contribution in [0.3, 0.4) is 0 Å². The number of halogens is 1. The van der Waals surface area contributed by atoms with Crippen molar-refractivity contribution in [2.45, 2.75) is 13.0 Å². The monoisotopic (exact) mass is 369 g/mol. The Morgan fingerprint density at radius 3 is 2.84 bits per heavy atom. The maximum Gasteiger partial charge on any atom is 0.137 e. The van der Waals surface area contributed by atoms with E-state index in [0.29, 0.717) is 0 Å². The molecule has 1 unspecified atom stereocenters. The second-order valence-electron chi connectivity index (χ2n) is 4.24. The van der Waals surface area contributed by atoms with Gasteiger partial charge in [-0.2, -0.15) is 0 Å². The molecule has 1 atom stereocenters. The minimum Gasteiger partial charge on any atom is -0.495 e. The molecule has 0 saturated carbocycles. The lowest BCUT2D eigenvalue weighted by molar-refractivity contribution is 0.411. The number of methoxy groups -OCH3 is 1. The van der Waals surface area contributed by atoms with Gasteiger partial charge in [-0.15, -0.1) is 0 Å². The molecule has 0 aliphatic carbocycles. The van der Waals surface area contributed by atoms with Crippen LogP contribution in [0.4, 0.5) is 0 Å². The summed E-state index contributed by atoms with van der Waals surface area (Å²) in [5.41, 5.74) is 6.20. The number of nitrogens with two attached hydrogens (primary N) is 1. The summed E-state index contributed by atoms with van der Waals surface area (Å²) >= 11 is 2.34. The van der Waals surface area contributed by atoms with Crippen molar-refractivity contribution in [2.24, 2.45) is 5.84 Å². The van der Waals surface area contributed by atoms with Crippen molar-refractivity contribution in [2.75, 3.05) is 7.11 Å². The maximum atomic E-state index is 5.73. The Hall–Kier alpha value is -1.18. The fourth-order valence-corrected chi connectivity index (χ4v) is 2.63. The Morgan fingerprint density at radius 2 is 2.16 bits per heavy atom. The molecule has 1 heterocycles. The van der Waals surface area contributed by atoms with Gasteiger partial charge in [0, 0.05) is 9.77 Å². The number of hydrazine groups is 1. The van der Waals surface area contributed by atoms with E-state index >= 15 is 0 Å². The summed E-state index contributed by atoms with van der Waals surface area (Å²) < 4.78 is 6.41. The number of aromatic nitrogens is 1. The predicted molar refractivity (Wildman–Crippen MR) is 83.9 cm³/mol. The number of pyridine rings is 1. The van der Waals surface area contributed by atoms with E-state index in [2.05, 4.69) is 52.1 Å². The number of hydrogen-bond donors (Lipinski definition) is 2. The van der Waals surface area contributed by atoms with Crippen LogP contribution < -0.4 is 16.0 Å². The van der Waals surface area contributed by atoms with E-state index in [1.807, 2.05) is 12.1 Å². The van der Waals surface area contributed by atoms with E-state index in [1.165, 1.54) is 9.13 Å². The van der Waals surface area contributed by atoms with Crippen molar-refractivity contribution in [1.82, 2.24) is 10.4 Å². The van der Waals surface area contributed by atoms with Crippen molar-refractivity contribution in [3.8, 4) is 5.75 Å². The lowest BCUT2D eigenvalue weighted by Crippen LogP contribution is -2.29. The second-order valence-corrected chi connectivity index (χ2v) is 5.31. The number of ether oxygens (including phenoxy) is 1. The number of aryl methyl sites for hydroxylation is 1. The lowest BCUT2D eigenvalue weighted by atomic mass is 9.99. The normalized spacial score (nSPS) is 12.2. The van der Waals surface area contributed by atoms with Gasteiger partial charge in [0.05, 0.1) is 19.3 Å². The van der Waals surface area contributed by atoms with E-state index in [1.54, 1.807) is 19.5 Å².